The number of alkyl halides is 1. The van der Waals surface area contributed by atoms with Crippen LogP contribution in [0, 0.1) is 11.8 Å². The van der Waals surface area contributed by atoms with Crippen LogP contribution in [-0.2, 0) is 9.47 Å². The van der Waals surface area contributed by atoms with Crippen LogP contribution in [0.4, 0.5) is 0 Å². The molecule has 1 aliphatic heterocycles. The fraction of sp³-hybridized carbons (Fsp3) is 0.765. The zero-order chi connectivity index (χ0) is 14.5. The Kier molecular flexibility index (Phi) is 6.13. The molecule has 3 heteroatoms. The van der Waals surface area contributed by atoms with E-state index in [1.54, 1.807) is 5.57 Å². The lowest BCUT2D eigenvalue weighted by Crippen LogP contribution is -2.30. The van der Waals surface area contributed by atoms with Gasteiger partial charge in [0.05, 0.1) is 18.6 Å². The van der Waals surface area contributed by atoms with Crippen LogP contribution in [0.3, 0.4) is 0 Å². The Morgan fingerprint density at radius 3 is 2.85 bits per heavy atom. The minimum absolute atomic E-state index is 0.0515. The number of hydrogen-bond acceptors (Lipinski definition) is 2. The van der Waals surface area contributed by atoms with Crippen LogP contribution >= 0.6 is 11.6 Å². The van der Waals surface area contributed by atoms with Crippen LogP contribution in [0.15, 0.2) is 23.3 Å². The summed E-state index contributed by atoms with van der Waals surface area (Å²) in [6.07, 6.45) is 9.37. The lowest BCUT2D eigenvalue weighted by atomic mass is 9.79. The van der Waals surface area contributed by atoms with E-state index in [4.69, 9.17) is 21.1 Å². The van der Waals surface area contributed by atoms with Gasteiger partial charge in [0.2, 0.25) is 0 Å². The quantitative estimate of drug-likeness (QED) is 0.542. The van der Waals surface area contributed by atoms with Crippen molar-refractivity contribution in [3.8, 4) is 0 Å². The predicted octanol–water partition coefficient (Wildman–Crippen LogP) is 4.69. The van der Waals surface area contributed by atoms with Gasteiger partial charge < -0.3 is 9.47 Å². The lowest BCUT2D eigenvalue weighted by Gasteiger charge is -2.32. The summed E-state index contributed by atoms with van der Waals surface area (Å²) in [6.45, 7) is 7.29. The van der Waals surface area contributed by atoms with E-state index in [2.05, 4.69) is 32.9 Å². The Morgan fingerprint density at radius 1 is 1.45 bits per heavy atom. The SMILES string of the molecule is CC(C)=CCCC1=CC[C@@H]([C@@H]2OC[C@H](CCl)O2)[C@H](C)C1. The molecule has 114 valence electrons. The van der Waals surface area contributed by atoms with E-state index in [9.17, 15) is 0 Å². The van der Waals surface area contributed by atoms with E-state index in [0.29, 0.717) is 24.3 Å². The second-order valence-corrected chi connectivity index (χ2v) is 6.69. The maximum Gasteiger partial charge on any atom is 0.161 e. The molecule has 2 aliphatic rings. The van der Waals surface area contributed by atoms with Gasteiger partial charge in [-0.15, -0.1) is 11.6 Å². The molecule has 1 fully saturated rings. The normalized spacial score (nSPS) is 33.9. The zero-order valence-electron chi connectivity index (χ0n) is 12.9. The summed E-state index contributed by atoms with van der Waals surface area (Å²) in [5.74, 6) is 1.64. The molecule has 0 unspecified atom stereocenters. The summed E-state index contributed by atoms with van der Waals surface area (Å²) in [4.78, 5) is 0. The van der Waals surface area contributed by atoms with Crippen molar-refractivity contribution in [3.05, 3.63) is 23.3 Å². The van der Waals surface area contributed by atoms with E-state index < -0.39 is 0 Å². The summed E-state index contributed by atoms with van der Waals surface area (Å²) >= 11 is 5.83. The van der Waals surface area contributed by atoms with Gasteiger partial charge in [-0.25, -0.2) is 0 Å². The summed E-state index contributed by atoms with van der Waals surface area (Å²) in [6, 6.07) is 0. The first-order valence-electron chi connectivity index (χ1n) is 7.74. The fourth-order valence-corrected chi connectivity index (χ4v) is 3.25. The van der Waals surface area contributed by atoms with Gasteiger partial charge >= 0.3 is 0 Å². The van der Waals surface area contributed by atoms with Crippen molar-refractivity contribution >= 4 is 11.6 Å². The largest absolute Gasteiger partial charge is 0.350 e. The molecule has 0 aromatic rings. The van der Waals surface area contributed by atoms with Crippen molar-refractivity contribution in [3.63, 3.8) is 0 Å². The standard InChI is InChI=1S/C17H27ClO2/c1-12(2)5-4-6-14-7-8-16(13(3)9-14)17-19-11-15(10-18)20-17/h5,7,13,15-17H,4,6,8-11H2,1-3H3/t13-,15+,16-,17-/m1/s1. The molecule has 1 saturated heterocycles. The maximum absolute atomic E-state index is 5.88. The van der Waals surface area contributed by atoms with Crippen molar-refractivity contribution in [1.29, 1.82) is 0 Å². The van der Waals surface area contributed by atoms with Crippen molar-refractivity contribution in [2.45, 2.75) is 58.8 Å². The molecule has 0 bridgehead atoms. The summed E-state index contributed by atoms with van der Waals surface area (Å²) in [5.41, 5.74) is 3.00. The van der Waals surface area contributed by atoms with E-state index in [1.165, 1.54) is 18.4 Å². The van der Waals surface area contributed by atoms with Crippen LogP contribution in [0.25, 0.3) is 0 Å². The number of rotatable bonds is 5. The highest BCUT2D eigenvalue weighted by Crippen LogP contribution is 2.37. The summed E-state index contributed by atoms with van der Waals surface area (Å²) in [5, 5.41) is 0. The molecule has 0 spiro atoms. The van der Waals surface area contributed by atoms with E-state index >= 15 is 0 Å². The first kappa shape index (κ1) is 16.1. The van der Waals surface area contributed by atoms with Gasteiger partial charge in [-0.1, -0.05) is 30.2 Å². The highest BCUT2D eigenvalue weighted by atomic mass is 35.5. The molecule has 0 N–H and O–H groups in total. The zero-order valence-corrected chi connectivity index (χ0v) is 13.7. The van der Waals surface area contributed by atoms with Crippen LogP contribution < -0.4 is 0 Å². The van der Waals surface area contributed by atoms with Gasteiger partial charge in [-0.2, -0.15) is 0 Å². The van der Waals surface area contributed by atoms with E-state index in [0.717, 1.165) is 12.8 Å². The molecular weight excluding hydrogens is 272 g/mol. The van der Waals surface area contributed by atoms with Crippen LogP contribution in [0.2, 0.25) is 0 Å². The molecule has 2 rings (SSSR count). The lowest BCUT2D eigenvalue weighted by molar-refractivity contribution is -0.108. The van der Waals surface area contributed by atoms with Gasteiger partial charge in [0.25, 0.3) is 0 Å². The number of allylic oxidation sites excluding steroid dienone is 4. The number of halogens is 1. The van der Waals surface area contributed by atoms with Gasteiger partial charge in [0, 0.05) is 5.92 Å². The molecule has 0 radical (unpaired) electrons. The molecule has 20 heavy (non-hydrogen) atoms. The highest BCUT2D eigenvalue weighted by molar-refractivity contribution is 6.18. The molecule has 2 nitrogen and oxygen atoms in total. The molecule has 4 atom stereocenters. The third kappa shape index (κ3) is 4.34. The third-order valence-electron chi connectivity index (χ3n) is 4.31. The predicted molar refractivity (Wildman–Crippen MR) is 84.0 cm³/mol. The van der Waals surface area contributed by atoms with Gasteiger partial charge in [0.15, 0.2) is 6.29 Å². The van der Waals surface area contributed by atoms with Crippen LogP contribution in [-0.4, -0.2) is 24.9 Å². The Morgan fingerprint density at radius 2 is 2.25 bits per heavy atom. The summed E-state index contributed by atoms with van der Waals surface area (Å²) in [7, 11) is 0. The Balaban J connectivity index is 1.84. The van der Waals surface area contributed by atoms with Crippen molar-refractivity contribution in [2.75, 3.05) is 12.5 Å². The third-order valence-corrected chi connectivity index (χ3v) is 4.65. The van der Waals surface area contributed by atoms with Gasteiger partial charge in [0.1, 0.15) is 0 Å². The highest BCUT2D eigenvalue weighted by Gasteiger charge is 2.36. The fourth-order valence-electron chi connectivity index (χ4n) is 3.09. The molecular formula is C17H27ClO2. The van der Waals surface area contributed by atoms with Gasteiger partial charge in [-0.3, -0.25) is 0 Å². The molecule has 0 saturated carbocycles. The Bertz CT molecular complexity index is 371. The molecule has 1 aliphatic carbocycles. The van der Waals surface area contributed by atoms with Crippen molar-refractivity contribution in [2.24, 2.45) is 11.8 Å². The monoisotopic (exact) mass is 298 g/mol. The second-order valence-electron chi connectivity index (χ2n) is 6.38. The average molecular weight is 299 g/mol. The van der Waals surface area contributed by atoms with Gasteiger partial charge in [-0.05, 0) is 45.4 Å². The second kappa shape index (κ2) is 7.63. The number of ether oxygens (including phenoxy) is 2. The van der Waals surface area contributed by atoms with E-state index in [1.807, 2.05) is 0 Å². The molecule has 0 aromatic carbocycles. The molecule has 0 aromatic heterocycles. The first-order chi connectivity index (χ1) is 9.60. The van der Waals surface area contributed by atoms with Crippen molar-refractivity contribution in [1.82, 2.24) is 0 Å². The molecule has 1 heterocycles. The van der Waals surface area contributed by atoms with Crippen LogP contribution in [0.5, 0.6) is 0 Å². The molecule has 0 amide bonds. The summed E-state index contributed by atoms with van der Waals surface area (Å²) < 4.78 is 11.6. The Labute approximate surface area is 128 Å². The average Bonchev–Trinajstić information content (AvgIpc) is 2.87. The first-order valence-corrected chi connectivity index (χ1v) is 8.28. The topological polar surface area (TPSA) is 18.5 Å². The Hall–Kier alpha value is -0.310. The smallest absolute Gasteiger partial charge is 0.161 e. The maximum atomic E-state index is 5.88. The minimum Gasteiger partial charge on any atom is -0.350 e. The van der Waals surface area contributed by atoms with E-state index in [-0.39, 0.29) is 12.4 Å². The minimum atomic E-state index is -0.0515. The number of hydrogen-bond donors (Lipinski definition) is 0. The van der Waals surface area contributed by atoms with Crippen molar-refractivity contribution < 1.29 is 9.47 Å². The van der Waals surface area contributed by atoms with Crippen LogP contribution in [0.1, 0.15) is 46.5 Å².